The van der Waals surface area contributed by atoms with E-state index in [9.17, 15) is 0 Å². The number of likely N-dealkylation sites (tertiary alicyclic amines) is 1. The second-order valence-electron chi connectivity index (χ2n) is 7.61. The molecule has 116 valence electrons. The summed E-state index contributed by atoms with van der Waals surface area (Å²) in [4.78, 5) is 2.65. The van der Waals surface area contributed by atoms with Crippen LogP contribution < -0.4 is 5.32 Å². The van der Waals surface area contributed by atoms with Crippen molar-refractivity contribution in [2.45, 2.75) is 64.5 Å². The van der Waals surface area contributed by atoms with Crippen LogP contribution in [0.5, 0.6) is 0 Å². The molecule has 0 aromatic carbocycles. The van der Waals surface area contributed by atoms with Gasteiger partial charge in [-0.15, -0.1) is 0 Å². The molecule has 2 aliphatic heterocycles. The average molecular weight is 280 g/mol. The Morgan fingerprint density at radius 1 is 1.10 bits per heavy atom. The summed E-state index contributed by atoms with van der Waals surface area (Å²) in [5.41, 5.74) is 0.323. The third-order valence-electron chi connectivity index (χ3n) is 5.82. The fraction of sp³-hybridized carbons (Fsp3) is 1.00. The summed E-state index contributed by atoms with van der Waals surface area (Å²) in [6.07, 6.45) is 8.77. The van der Waals surface area contributed by atoms with Crippen molar-refractivity contribution >= 4 is 0 Å². The first-order valence-electron chi connectivity index (χ1n) is 8.77. The van der Waals surface area contributed by atoms with E-state index in [1.807, 2.05) is 0 Å². The van der Waals surface area contributed by atoms with Crippen molar-refractivity contribution in [1.82, 2.24) is 10.2 Å². The third kappa shape index (κ3) is 2.90. The molecule has 20 heavy (non-hydrogen) atoms. The molecular formula is C17H32N2O. The average Bonchev–Trinajstić information content (AvgIpc) is 2.72. The molecule has 3 fully saturated rings. The Hall–Kier alpha value is -0.120. The van der Waals surface area contributed by atoms with E-state index in [0.29, 0.717) is 17.6 Å². The van der Waals surface area contributed by atoms with E-state index in [1.165, 1.54) is 58.2 Å². The Labute approximate surface area is 124 Å². The van der Waals surface area contributed by atoms with E-state index in [-0.39, 0.29) is 0 Å². The molecule has 0 amide bonds. The summed E-state index contributed by atoms with van der Waals surface area (Å²) in [6, 6.07) is 0.666. The number of nitrogens with one attached hydrogen (secondary N) is 1. The van der Waals surface area contributed by atoms with Crippen molar-refractivity contribution in [2.24, 2.45) is 11.3 Å². The van der Waals surface area contributed by atoms with Gasteiger partial charge < -0.3 is 15.0 Å². The third-order valence-corrected chi connectivity index (χ3v) is 5.82. The topological polar surface area (TPSA) is 24.5 Å². The van der Waals surface area contributed by atoms with Gasteiger partial charge in [-0.3, -0.25) is 0 Å². The smallest absolute Gasteiger partial charge is 0.0684 e. The molecule has 3 heteroatoms. The highest BCUT2D eigenvalue weighted by atomic mass is 16.5. The standard InChI is InChI=1S/C17H32N2O/c1-17(2)15(14-8-7-13-20-16(14)17)18-9-12-19-10-5-3-4-6-11-19/h14-16,18H,3-13H2,1-2H3. The molecule has 3 aliphatic rings. The van der Waals surface area contributed by atoms with Gasteiger partial charge in [-0.25, -0.2) is 0 Å². The van der Waals surface area contributed by atoms with Crippen molar-refractivity contribution in [3.63, 3.8) is 0 Å². The molecule has 2 saturated heterocycles. The molecule has 1 N–H and O–H groups in total. The maximum absolute atomic E-state index is 5.98. The molecule has 2 heterocycles. The number of fused-ring (bicyclic) bond motifs is 1. The SMILES string of the molecule is CC1(C)C(NCCN2CCCCCC2)C2CCCOC21. The van der Waals surface area contributed by atoms with Crippen molar-refractivity contribution in [3.8, 4) is 0 Å². The largest absolute Gasteiger partial charge is 0.377 e. The van der Waals surface area contributed by atoms with Gasteiger partial charge in [0.05, 0.1) is 6.10 Å². The second-order valence-corrected chi connectivity index (χ2v) is 7.61. The molecule has 3 nitrogen and oxygen atoms in total. The van der Waals surface area contributed by atoms with E-state index in [2.05, 4.69) is 24.1 Å². The molecule has 0 aromatic rings. The Morgan fingerprint density at radius 3 is 2.60 bits per heavy atom. The van der Waals surface area contributed by atoms with Gasteiger partial charge in [-0.2, -0.15) is 0 Å². The molecule has 3 unspecified atom stereocenters. The van der Waals surface area contributed by atoms with Crippen LogP contribution in [0.25, 0.3) is 0 Å². The minimum Gasteiger partial charge on any atom is -0.377 e. The number of nitrogens with zero attached hydrogens (tertiary/aromatic N) is 1. The molecule has 1 aliphatic carbocycles. The Morgan fingerprint density at radius 2 is 1.85 bits per heavy atom. The Balaban J connectivity index is 1.43. The zero-order chi connectivity index (χ0) is 14.0. The van der Waals surface area contributed by atoms with Gasteiger partial charge in [0.25, 0.3) is 0 Å². The lowest BCUT2D eigenvalue weighted by Gasteiger charge is -2.60. The minimum absolute atomic E-state index is 0.323. The van der Waals surface area contributed by atoms with Gasteiger partial charge in [0.2, 0.25) is 0 Å². The quantitative estimate of drug-likeness (QED) is 0.857. The summed E-state index contributed by atoms with van der Waals surface area (Å²) < 4.78 is 5.98. The van der Waals surface area contributed by atoms with Crippen LogP contribution in [0.2, 0.25) is 0 Å². The van der Waals surface area contributed by atoms with Gasteiger partial charge in [-0.1, -0.05) is 26.7 Å². The van der Waals surface area contributed by atoms with Crippen LogP contribution in [-0.2, 0) is 4.74 Å². The zero-order valence-corrected chi connectivity index (χ0v) is 13.4. The van der Waals surface area contributed by atoms with Crippen molar-refractivity contribution in [3.05, 3.63) is 0 Å². The first-order chi connectivity index (χ1) is 9.69. The van der Waals surface area contributed by atoms with Gasteiger partial charge in [0, 0.05) is 37.1 Å². The zero-order valence-electron chi connectivity index (χ0n) is 13.4. The van der Waals surface area contributed by atoms with Crippen molar-refractivity contribution in [1.29, 1.82) is 0 Å². The predicted molar refractivity (Wildman–Crippen MR) is 82.9 cm³/mol. The van der Waals surface area contributed by atoms with Crippen molar-refractivity contribution in [2.75, 3.05) is 32.8 Å². The summed E-state index contributed by atoms with van der Waals surface area (Å²) in [5, 5.41) is 3.85. The maximum Gasteiger partial charge on any atom is 0.0684 e. The highest BCUT2D eigenvalue weighted by Crippen LogP contribution is 2.51. The van der Waals surface area contributed by atoms with Crippen LogP contribution in [0.1, 0.15) is 52.4 Å². The first-order valence-corrected chi connectivity index (χ1v) is 8.77. The molecule has 1 saturated carbocycles. The van der Waals surface area contributed by atoms with Gasteiger partial charge in [-0.05, 0) is 38.8 Å². The fourth-order valence-electron chi connectivity index (χ4n) is 4.67. The second kappa shape index (κ2) is 6.33. The van der Waals surface area contributed by atoms with E-state index in [4.69, 9.17) is 4.74 Å². The molecule has 0 radical (unpaired) electrons. The van der Waals surface area contributed by atoms with Crippen LogP contribution in [0.15, 0.2) is 0 Å². The summed E-state index contributed by atoms with van der Waals surface area (Å²) in [7, 11) is 0. The van der Waals surface area contributed by atoms with E-state index in [0.717, 1.165) is 19.1 Å². The lowest BCUT2D eigenvalue weighted by Crippen LogP contribution is -2.69. The summed E-state index contributed by atoms with van der Waals surface area (Å²) in [6.45, 7) is 10.7. The van der Waals surface area contributed by atoms with Gasteiger partial charge in [0.15, 0.2) is 0 Å². The summed E-state index contributed by atoms with van der Waals surface area (Å²) >= 11 is 0. The highest BCUT2D eigenvalue weighted by Gasteiger charge is 2.57. The Bertz CT molecular complexity index is 310. The lowest BCUT2D eigenvalue weighted by molar-refractivity contribution is -0.192. The van der Waals surface area contributed by atoms with Crippen molar-refractivity contribution < 1.29 is 4.74 Å². The van der Waals surface area contributed by atoms with Crippen LogP contribution >= 0.6 is 0 Å². The lowest BCUT2D eigenvalue weighted by atomic mass is 9.55. The Kier molecular flexibility index (Phi) is 4.68. The molecule has 0 bridgehead atoms. The number of rotatable bonds is 4. The van der Waals surface area contributed by atoms with Gasteiger partial charge >= 0.3 is 0 Å². The van der Waals surface area contributed by atoms with Crippen LogP contribution in [0.4, 0.5) is 0 Å². The molecule has 3 atom stereocenters. The fourth-order valence-corrected chi connectivity index (χ4v) is 4.67. The predicted octanol–water partition coefficient (Wildman–Crippen LogP) is 2.66. The van der Waals surface area contributed by atoms with Gasteiger partial charge in [0.1, 0.15) is 0 Å². The molecule has 0 spiro atoms. The maximum atomic E-state index is 5.98. The van der Waals surface area contributed by atoms with Crippen LogP contribution in [-0.4, -0.2) is 49.8 Å². The molecule has 3 rings (SSSR count). The monoisotopic (exact) mass is 280 g/mol. The normalized spacial score (nSPS) is 37.8. The van der Waals surface area contributed by atoms with E-state index < -0.39 is 0 Å². The van der Waals surface area contributed by atoms with Crippen LogP contribution in [0.3, 0.4) is 0 Å². The summed E-state index contributed by atoms with van der Waals surface area (Å²) in [5.74, 6) is 0.767. The number of hydrogen-bond donors (Lipinski definition) is 1. The van der Waals surface area contributed by atoms with Crippen LogP contribution in [0, 0.1) is 11.3 Å². The van der Waals surface area contributed by atoms with E-state index in [1.54, 1.807) is 0 Å². The number of hydrogen-bond acceptors (Lipinski definition) is 3. The molecule has 0 aromatic heterocycles. The van der Waals surface area contributed by atoms with E-state index >= 15 is 0 Å². The number of ether oxygens (including phenoxy) is 1. The molecular weight excluding hydrogens is 248 g/mol. The highest BCUT2D eigenvalue weighted by molar-refractivity contribution is 5.10. The minimum atomic E-state index is 0.323. The first kappa shape index (κ1) is 14.8.